The van der Waals surface area contributed by atoms with Crippen LogP contribution in [-0.2, 0) is 10.8 Å². The van der Waals surface area contributed by atoms with Crippen molar-refractivity contribution in [1.29, 1.82) is 0 Å². The molecule has 0 aromatic heterocycles. The highest BCUT2D eigenvalue weighted by molar-refractivity contribution is 6.09. The van der Waals surface area contributed by atoms with Crippen LogP contribution in [0.15, 0.2) is 97.1 Å². The minimum absolute atomic E-state index is 0.0375. The van der Waals surface area contributed by atoms with Gasteiger partial charge in [0.2, 0.25) is 0 Å². The SMILES string of the molecule is CC1(C)c2ccccc2C(=C2c3ccccc3C(C)(C)c3ccccc32)c2ccccc21. The molecule has 0 nitrogen and oxygen atoms in total. The fourth-order valence-electron chi connectivity index (χ4n) is 6.10. The molecule has 0 atom stereocenters. The Labute approximate surface area is 191 Å². The summed E-state index contributed by atoms with van der Waals surface area (Å²) >= 11 is 0. The predicted molar refractivity (Wildman–Crippen MR) is 135 cm³/mol. The second-order valence-corrected chi connectivity index (χ2v) is 10.2. The van der Waals surface area contributed by atoms with Gasteiger partial charge in [0.05, 0.1) is 0 Å². The first-order valence-corrected chi connectivity index (χ1v) is 11.6. The van der Waals surface area contributed by atoms with Crippen molar-refractivity contribution in [3.8, 4) is 0 Å². The van der Waals surface area contributed by atoms with Gasteiger partial charge in [0, 0.05) is 10.8 Å². The normalized spacial score (nSPS) is 17.1. The Morgan fingerprint density at radius 3 is 0.812 bits per heavy atom. The maximum atomic E-state index is 2.36. The lowest BCUT2D eigenvalue weighted by Gasteiger charge is -2.41. The average molecular weight is 413 g/mol. The van der Waals surface area contributed by atoms with Gasteiger partial charge in [-0.1, -0.05) is 125 Å². The molecule has 2 aliphatic rings. The van der Waals surface area contributed by atoms with E-state index >= 15 is 0 Å². The first kappa shape index (κ1) is 19.3. The molecule has 156 valence electrons. The Kier molecular flexibility index (Phi) is 3.96. The van der Waals surface area contributed by atoms with Crippen LogP contribution in [0.2, 0.25) is 0 Å². The molecule has 4 aromatic rings. The van der Waals surface area contributed by atoms with Crippen molar-refractivity contribution < 1.29 is 0 Å². The molecule has 6 rings (SSSR count). The summed E-state index contributed by atoms with van der Waals surface area (Å²) in [6.45, 7) is 9.44. The molecule has 0 fully saturated rings. The van der Waals surface area contributed by atoms with Gasteiger partial charge < -0.3 is 0 Å². The molecule has 0 N–H and O–H groups in total. The second kappa shape index (κ2) is 6.56. The van der Waals surface area contributed by atoms with E-state index in [2.05, 4.69) is 125 Å². The molecule has 0 amide bonds. The maximum Gasteiger partial charge on any atom is 0.0158 e. The van der Waals surface area contributed by atoms with Crippen LogP contribution < -0.4 is 0 Å². The van der Waals surface area contributed by atoms with E-state index in [-0.39, 0.29) is 10.8 Å². The van der Waals surface area contributed by atoms with Crippen molar-refractivity contribution in [2.45, 2.75) is 38.5 Å². The summed E-state index contributed by atoms with van der Waals surface area (Å²) in [5.41, 5.74) is 13.7. The van der Waals surface area contributed by atoms with Crippen molar-refractivity contribution >= 4 is 11.1 Å². The average Bonchev–Trinajstić information content (AvgIpc) is 2.81. The maximum absolute atomic E-state index is 2.36. The number of hydrogen-bond acceptors (Lipinski definition) is 0. The summed E-state index contributed by atoms with van der Waals surface area (Å²) in [6, 6.07) is 36.0. The number of rotatable bonds is 0. The molecule has 0 radical (unpaired) electrons. The van der Waals surface area contributed by atoms with Crippen LogP contribution in [0.3, 0.4) is 0 Å². The molecule has 0 unspecified atom stereocenters. The van der Waals surface area contributed by atoms with Gasteiger partial charge in [-0.2, -0.15) is 0 Å². The van der Waals surface area contributed by atoms with Gasteiger partial charge in [-0.3, -0.25) is 0 Å². The van der Waals surface area contributed by atoms with E-state index in [1.54, 1.807) is 0 Å². The molecule has 0 aliphatic heterocycles. The fraction of sp³-hybridized carbons (Fsp3) is 0.188. The van der Waals surface area contributed by atoms with Gasteiger partial charge >= 0.3 is 0 Å². The monoisotopic (exact) mass is 412 g/mol. The molecule has 0 saturated heterocycles. The van der Waals surface area contributed by atoms with E-state index < -0.39 is 0 Å². The Balaban J connectivity index is 1.84. The summed E-state index contributed by atoms with van der Waals surface area (Å²) in [6.07, 6.45) is 0. The summed E-state index contributed by atoms with van der Waals surface area (Å²) in [7, 11) is 0. The summed E-state index contributed by atoms with van der Waals surface area (Å²) in [5, 5.41) is 0. The van der Waals surface area contributed by atoms with E-state index in [9.17, 15) is 0 Å². The van der Waals surface area contributed by atoms with Gasteiger partial charge in [0.25, 0.3) is 0 Å². The van der Waals surface area contributed by atoms with Gasteiger partial charge in [0.15, 0.2) is 0 Å². The van der Waals surface area contributed by atoms with Gasteiger partial charge in [0.1, 0.15) is 0 Å². The summed E-state index contributed by atoms with van der Waals surface area (Å²) in [5.74, 6) is 0. The van der Waals surface area contributed by atoms with Crippen LogP contribution in [0, 0.1) is 0 Å². The zero-order valence-corrected chi connectivity index (χ0v) is 19.2. The molecule has 4 aromatic carbocycles. The second-order valence-electron chi connectivity index (χ2n) is 10.2. The molecular formula is C32H28. The number of benzene rings is 4. The van der Waals surface area contributed by atoms with Crippen molar-refractivity contribution in [2.75, 3.05) is 0 Å². The van der Waals surface area contributed by atoms with E-state index in [0.717, 1.165) is 0 Å². The minimum atomic E-state index is -0.0375. The Hall–Kier alpha value is -3.38. The molecule has 32 heavy (non-hydrogen) atoms. The van der Waals surface area contributed by atoms with Crippen molar-refractivity contribution in [1.82, 2.24) is 0 Å². The van der Waals surface area contributed by atoms with Crippen LogP contribution in [-0.4, -0.2) is 0 Å². The first-order valence-electron chi connectivity index (χ1n) is 11.6. The Bertz CT molecular complexity index is 1200. The summed E-state index contributed by atoms with van der Waals surface area (Å²) in [4.78, 5) is 0. The fourth-order valence-corrected chi connectivity index (χ4v) is 6.10. The lowest BCUT2D eigenvalue weighted by molar-refractivity contribution is 0.627. The van der Waals surface area contributed by atoms with Crippen LogP contribution >= 0.6 is 0 Å². The van der Waals surface area contributed by atoms with Crippen molar-refractivity contribution in [3.63, 3.8) is 0 Å². The molecule has 0 heteroatoms. The highest BCUT2D eigenvalue weighted by Gasteiger charge is 2.40. The van der Waals surface area contributed by atoms with Crippen molar-refractivity contribution in [2.24, 2.45) is 0 Å². The van der Waals surface area contributed by atoms with Gasteiger partial charge in [-0.05, 0) is 55.7 Å². The van der Waals surface area contributed by atoms with Gasteiger partial charge in [-0.25, -0.2) is 0 Å². The number of fused-ring (bicyclic) bond motifs is 4. The predicted octanol–water partition coefficient (Wildman–Crippen LogP) is 7.97. The van der Waals surface area contributed by atoms with Crippen LogP contribution in [0.5, 0.6) is 0 Å². The van der Waals surface area contributed by atoms with E-state index in [1.807, 2.05) is 0 Å². The van der Waals surface area contributed by atoms with Crippen LogP contribution in [0.25, 0.3) is 11.1 Å². The Morgan fingerprint density at radius 1 is 0.344 bits per heavy atom. The lowest BCUT2D eigenvalue weighted by Crippen LogP contribution is -2.29. The topological polar surface area (TPSA) is 0 Å². The zero-order valence-electron chi connectivity index (χ0n) is 19.2. The van der Waals surface area contributed by atoms with E-state index in [0.29, 0.717) is 0 Å². The van der Waals surface area contributed by atoms with Crippen LogP contribution in [0.1, 0.15) is 72.2 Å². The third kappa shape index (κ3) is 2.44. The molecule has 0 saturated carbocycles. The third-order valence-electron chi connectivity index (χ3n) is 7.73. The molecular weight excluding hydrogens is 384 g/mol. The molecule has 0 spiro atoms. The van der Waals surface area contributed by atoms with Gasteiger partial charge in [-0.15, -0.1) is 0 Å². The standard InChI is InChI=1S/C32H28/c1-31(2)25-17-9-5-13-21(25)29(22-14-6-10-18-26(22)31)30-23-15-7-11-19-27(23)32(3,4)28-20-12-8-16-24(28)30/h5-20H,1-4H3. The van der Waals surface area contributed by atoms with E-state index in [4.69, 9.17) is 0 Å². The minimum Gasteiger partial charge on any atom is -0.0619 e. The quantitative estimate of drug-likeness (QED) is 0.275. The summed E-state index contributed by atoms with van der Waals surface area (Å²) < 4.78 is 0. The molecule has 2 aliphatic carbocycles. The Morgan fingerprint density at radius 2 is 0.562 bits per heavy atom. The lowest BCUT2D eigenvalue weighted by atomic mass is 9.62. The number of hydrogen-bond donors (Lipinski definition) is 0. The largest absolute Gasteiger partial charge is 0.0619 e. The third-order valence-corrected chi connectivity index (χ3v) is 7.73. The van der Waals surface area contributed by atoms with E-state index in [1.165, 1.54) is 55.7 Å². The molecule has 0 bridgehead atoms. The first-order chi connectivity index (χ1) is 15.4. The highest BCUT2D eigenvalue weighted by Crippen LogP contribution is 2.54. The zero-order chi connectivity index (χ0) is 22.1. The smallest absolute Gasteiger partial charge is 0.0158 e. The molecule has 0 heterocycles. The van der Waals surface area contributed by atoms with Crippen LogP contribution in [0.4, 0.5) is 0 Å². The highest BCUT2D eigenvalue weighted by atomic mass is 14.4. The van der Waals surface area contributed by atoms with Crippen molar-refractivity contribution in [3.05, 3.63) is 142 Å².